The first-order chi connectivity index (χ1) is 11.8. The summed E-state index contributed by atoms with van der Waals surface area (Å²) in [5.74, 6) is 0.243. The van der Waals surface area contributed by atoms with E-state index in [0.29, 0.717) is 17.3 Å². The molecule has 0 heterocycles. The van der Waals surface area contributed by atoms with Crippen LogP contribution in [0.5, 0.6) is 11.5 Å². The SMILES string of the molecule is CN(Cc1ccc(OC(F)F)cc1)C(=O)COc1ccc(Br)cc1Cl. The van der Waals surface area contributed by atoms with Gasteiger partial charge in [0.1, 0.15) is 11.5 Å². The number of hydrogen-bond donors (Lipinski definition) is 0. The lowest BCUT2D eigenvalue weighted by molar-refractivity contribution is -0.132. The van der Waals surface area contributed by atoms with Crippen molar-refractivity contribution >= 4 is 33.4 Å². The molecule has 0 saturated carbocycles. The summed E-state index contributed by atoms with van der Waals surface area (Å²) in [6.45, 7) is -2.71. The van der Waals surface area contributed by atoms with Crippen LogP contribution >= 0.6 is 27.5 Å². The van der Waals surface area contributed by atoms with Gasteiger partial charge in [-0.25, -0.2) is 0 Å². The first-order valence-corrected chi connectivity index (χ1v) is 8.38. The van der Waals surface area contributed by atoms with E-state index in [1.807, 2.05) is 0 Å². The predicted molar refractivity (Wildman–Crippen MR) is 94.2 cm³/mol. The highest BCUT2D eigenvalue weighted by molar-refractivity contribution is 9.10. The number of nitrogens with zero attached hydrogens (tertiary/aromatic N) is 1. The Balaban J connectivity index is 1.87. The summed E-state index contributed by atoms with van der Waals surface area (Å²) in [6, 6.07) is 11.2. The lowest BCUT2D eigenvalue weighted by Gasteiger charge is -2.18. The molecule has 0 aliphatic carbocycles. The van der Waals surface area contributed by atoms with Crippen LogP contribution in [0.1, 0.15) is 5.56 Å². The van der Waals surface area contributed by atoms with E-state index >= 15 is 0 Å². The molecule has 25 heavy (non-hydrogen) atoms. The molecule has 0 atom stereocenters. The van der Waals surface area contributed by atoms with Crippen LogP contribution in [0.3, 0.4) is 0 Å². The zero-order valence-corrected chi connectivity index (χ0v) is 15.6. The second-order valence-corrected chi connectivity index (χ2v) is 6.46. The quantitative estimate of drug-likeness (QED) is 0.632. The number of rotatable bonds is 7. The molecule has 2 rings (SSSR count). The predicted octanol–water partition coefficient (Wildman–Crippen LogP) is 4.74. The summed E-state index contributed by atoms with van der Waals surface area (Å²) in [6.07, 6.45) is 0. The van der Waals surface area contributed by atoms with Crippen LogP contribution in [0, 0.1) is 0 Å². The molecule has 0 radical (unpaired) electrons. The number of halogens is 4. The fourth-order valence-corrected chi connectivity index (χ4v) is 2.71. The normalized spacial score (nSPS) is 10.6. The number of alkyl halides is 2. The van der Waals surface area contributed by atoms with Crippen molar-refractivity contribution in [3.05, 3.63) is 57.5 Å². The minimum Gasteiger partial charge on any atom is -0.482 e. The molecule has 134 valence electrons. The Morgan fingerprint density at radius 3 is 2.52 bits per heavy atom. The molecule has 0 unspecified atom stereocenters. The highest BCUT2D eigenvalue weighted by Crippen LogP contribution is 2.27. The largest absolute Gasteiger partial charge is 0.482 e. The van der Waals surface area contributed by atoms with E-state index < -0.39 is 6.61 Å². The molecule has 0 aromatic heterocycles. The van der Waals surface area contributed by atoms with Crippen LogP contribution in [0.4, 0.5) is 8.78 Å². The third kappa shape index (κ3) is 6.17. The van der Waals surface area contributed by atoms with Crippen molar-refractivity contribution in [1.82, 2.24) is 4.90 Å². The van der Waals surface area contributed by atoms with Gasteiger partial charge < -0.3 is 14.4 Å². The fraction of sp³-hybridized carbons (Fsp3) is 0.235. The minimum atomic E-state index is -2.86. The maximum Gasteiger partial charge on any atom is 0.387 e. The Morgan fingerprint density at radius 2 is 1.92 bits per heavy atom. The standard InChI is InChI=1S/C17H15BrClF2NO3/c1-22(9-11-2-5-13(6-3-11)25-17(20)21)16(23)10-24-15-7-4-12(18)8-14(15)19/h2-8,17H,9-10H2,1H3. The van der Waals surface area contributed by atoms with E-state index in [1.54, 1.807) is 37.4 Å². The van der Waals surface area contributed by atoms with E-state index in [9.17, 15) is 13.6 Å². The zero-order chi connectivity index (χ0) is 18.4. The van der Waals surface area contributed by atoms with Crippen molar-refractivity contribution in [2.24, 2.45) is 0 Å². The van der Waals surface area contributed by atoms with Crippen LogP contribution in [0.2, 0.25) is 5.02 Å². The summed E-state index contributed by atoms with van der Waals surface area (Å²) in [7, 11) is 1.62. The van der Waals surface area contributed by atoms with Crippen molar-refractivity contribution in [3.8, 4) is 11.5 Å². The summed E-state index contributed by atoms with van der Waals surface area (Å²) < 4.78 is 34.7. The van der Waals surface area contributed by atoms with E-state index in [-0.39, 0.29) is 18.3 Å². The van der Waals surface area contributed by atoms with E-state index in [1.165, 1.54) is 17.0 Å². The Kier molecular flexibility index (Phi) is 7.01. The molecule has 1 amide bonds. The van der Waals surface area contributed by atoms with Crippen molar-refractivity contribution in [2.45, 2.75) is 13.2 Å². The molecule has 0 fully saturated rings. The molecular weight excluding hydrogens is 420 g/mol. The topological polar surface area (TPSA) is 38.8 Å². The number of ether oxygens (including phenoxy) is 2. The molecule has 2 aromatic rings. The summed E-state index contributed by atoms with van der Waals surface area (Å²) >= 11 is 9.32. The first kappa shape index (κ1) is 19.5. The van der Waals surface area contributed by atoms with Gasteiger partial charge in [0.2, 0.25) is 0 Å². The highest BCUT2D eigenvalue weighted by Gasteiger charge is 2.12. The third-order valence-corrected chi connectivity index (χ3v) is 4.03. The second-order valence-electron chi connectivity index (χ2n) is 5.14. The maximum absolute atomic E-state index is 12.1. The lowest BCUT2D eigenvalue weighted by atomic mass is 10.2. The van der Waals surface area contributed by atoms with Gasteiger partial charge in [0.15, 0.2) is 6.61 Å². The Hall–Kier alpha value is -1.86. The van der Waals surface area contributed by atoms with Gasteiger partial charge in [0.25, 0.3) is 5.91 Å². The minimum absolute atomic E-state index is 0.0703. The molecule has 8 heteroatoms. The van der Waals surface area contributed by atoms with Gasteiger partial charge in [0.05, 0.1) is 5.02 Å². The average molecular weight is 435 g/mol. The van der Waals surface area contributed by atoms with Crippen molar-refractivity contribution in [3.63, 3.8) is 0 Å². The number of likely N-dealkylation sites (N-methyl/N-ethyl adjacent to an activating group) is 1. The Bertz CT molecular complexity index is 728. The van der Waals surface area contributed by atoms with Gasteiger partial charge in [-0.1, -0.05) is 39.7 Å². The molecular formula is C17H15BrClF2NO3. The van der Waals surface area contributed by atoms with Crippen molar-refractivity contribution in [2.75, 3.05) is 13.7 Å². The Labute approximate surface area is 157 Å². The fourth-order valence-electron chi connectivity index (χ4n) is 1.98. The molecule has 4 nitrogen and oxygen atoms in total. The van der Waals surface area contributed by atoms with Gasteiger partial charge in [-0.15, -0.1) is 0 Å². The second kappa shape index (κ2) is 9.01. The zero-order valence-electron chi connectivity index (χ0n) is 13.2. The van der Waals surface area contributed by atoms with Gasteiger partial charge in [0, 0.05) is 18.1 Å². The van der Waals surface area contributed by atoms with Gasteiger partial charge in [-0.3, -0.25) is 4.79 Å². The van der Waals surface area contributed by atoms with Crippen LogP contribution < -0.4 is 9.47 Å². The van der Waals surface area contributed by atoms with E-state index in [2.05, 4.69) is 20.7 Å². The highest BCUT2D eigenvalue weighted by atomic mass is 79.9. The molecule has 0 aliphatic rings. The molecule has 0 bridgehead atoms. The summed E-state index contributed by atoms with van der Waals surface area (Å²) in [5, 5.41) is 0.402. The molecule has 2 aromatic carbocycles. The van der Waals surface area contributed by atoms with E-state index in [4.69, 9.17) is 16.3 Å². The average Bonchev–Trinajstić information content (AvgIpc) is 2.55. The number of carbonyl (C=O) groups excluding carboxylic acids is 1. The number of carbonyl (C=O) groups is 1. The van der Waals surface area contributed by atoms with E-state index in [0.717, 1.165) is 10.0 Å². The summed E-state index contributed by atoms with van der Waals surface area (Å²) in [5.41, 5.74) is 0.777. The lowest BCUT2D eigenvalue weighted by Crippen LogP contribution is -2.31. The first-order valence-electron chi connectivity index (χ1n) is 7.20. The van der Waals surface area contributed by atoms with Gasteiger partial charge in [-0.2, -0.15) is 8.78 Å². The molecule has 0 saturated heterocycles. The van der Waals surface area contributed by atoms with Gasteiger partial charge >= 0.3 is 6.61 Å². The molecule has 0 aliphatic heterocycles. The number of hydrogen-bond acceptors (Lipinski definition) is 3. The monoisotopic (exact) mass is 433 g/mol. The number of benzene rings is 2. The maximum atomic E-state index is 12.1. The van der Waals surface area contributed by atoms with Crippen LogP contribution in [-0.2, 0) is 11.3 Å². The van der Waals surface area contributed by atoms with Crippen LogP contribution in [0.25, 0.3) is 0 Å². The Morgan fingerprint density at radius 1 is 1.24 bits per heavy atom. The number of amides is 1. The van der Waals surface area contributed by atoms with Crippen molar-refractivity contribution < 1.29 is 23.0 Å². The van der Waals surface area contributed by atoms with Crippen LogP contribution in [0.15, 0.2) is 46.9 Å². The molecule has 0 spiro atoms. The molecule has 0 N–H and O–H groups in total. The van der Waals surface area contributed by atoms with Crippen LogP contribution in [-0.4, -0.2) is 31.1 Å². The van der Waals surface area contributed by atoms with Crippen molar-refractivity contribution in [1.29, 1.82) is 0 Å². The van der Waals surface area contributed by atoms with Gasteiger partial charge in [-0.05, 0) is 35.9 Å². The summed E-state index contributed by atoms with van der Waals surface area (Å²) in [4.78, 5) is 13.6. The third-order valence-electron chi connectivity index (χ3n) is 3.24. The smallest absolute Gasteiger partial charge is 0.387 e.